The molecular weight excluding hydrogens is 298 g/mol. The molecule has 0 N–H and O–H groups in total. The van der Waals surface area contributed by atoms with Gasteiger partial charge < -0.3 is 24.2 Å². The SMILES string of the molecule is [O-][N+]1=C2CCC3(C[C@H]2[C@H](c2ccc4c(c2)OCO4)C1)OCCO3. The Labute approximate surface area is 134 Å². The molecule has 1 saturated carbocycles. The summed E-state index contributed by atoms with van der Waals surface area (Å²) in [6.45, 7) is 2.06. The minimum absolute atomic E-state index is 0.155. The maximum absolute atomic E-state index is 12.4. The lowest BCUT2D eigenvalue weighted by Gasteiger charge is -2.35. The third-order valence-corrected chi connectivity index (χ3v) is 5.53. The van der Waals surface area contributed by atoms with E-state index in [1.807, 2.05) is 18.2 Å². The van der Waals surface area contributed by atoms with Crippen molar-refractivity contribution in [2.45, 2.75) is 31.0 Å². The van der Waals surface area contributed by atoms with Crippen molar-refractivity contribution in [1.82, 2.24) is 0 Å². The summed E-state index contributed by atoms with van der Waals surface area (Å²) in [5, 5.41) is 12.4. The molecule has 1 aliphatic carbocycles. The summed E-state index contributed by atoms with van der Waals surface area (Å²) in [7, 11) is 0. The van der Waals surface area contributed by atoms with Gasteiger partial charge in [0.2, 0.25) is 6.79 Å². The van der Waals surface area contributed by atoms with Crippen LogP contribution in [0.15, 0.2) is 18.2 Å². The molecule has 0 amide bonds. The van der Waals surface area contributed by atoms with Crippen molar-refractivity contribution < 1.29 is 23.7 Å². The third kappa shape index (κ3) is 2.05. The summed E-state index contributed by atoms with van der Waals surface area (Å²) >= 11 is 0. The van der Waals surface area contributed by atoms with Crippen LogP contribution in [0.2, 0.25) is 0 Å². The molecule has 1 aromatic carbocycles. The summed E-state index contributed by atoms with van der Waals surface area (Å²) in [4.78, 5) is 0. The lowest BCUT2D eigenvalue weighted by Crippen LogP contribution is -2.41. The topological polar surface area (TPSA) is 63.0 Å². The third-order valence-electron chi connectivity index (χ3n) is 5.53. The smallest absolute Gasteiger partial charge is 0.231 e. The first kappa shape index (κ1) is 13.6. The molecule has 1 aromatic rings. The zero-order valence-corrected chi connectivity index (χ0v) is 12.8. The van der Waals surface area contributed by atoms with Crippen LogP contribution in [-0.2, 0) is 9.47 Å². The Hall–Kier alpha value is -1.79. The van der Waals surface area contributed by atoms with Crippen molar-refractivity contribution in [1.29, 1.82) is 0 Å². The van der Waals surface area contributed by atoms with Crippen molar-refractivity contribution in [2.75, 3.05) is 26.6 Å². The van der Waals surface area contributed by atoms with Gasteiger partial charge in [0.15, 0.2) is 29.5 Å². The second kappa shape index (κ2) is 4.85. The van der Waals surface area contributed by atoms with E-state index in [-0.39, 0.29) is 18.6 Å². The molecule has 1 saturated heterocycles. The second-order valence-electron chi connectivity index (χ2n) is 6.69. The molecule has 2 fully saturated rings. The normalized spacial score (nSPS) is 31.0. The van der Waals surface area contributed by atoms with Crippen LogP contribution in [0.3, 0.4) is 0 Å². The Morgan fingerprint density at radius 3 is 2.78 bits per heavy atom. The predicted octanol–water partition coefficient (Wildman–Crippen LogP) is 2.01. The Balaban J connectivity index is 1.47. The highest BCUT2D eigenvalue weighted by molar-refractivity contribution is 5.85. The van der Waals surface area contributed by atoms with E-state index < -0.39 is 5.79 Å². The predicted molar refractivity (Wildman–Crippen MR) is 80.8 cm³/mol. The highest BCUT2D eigenvalue weighted by atomic mass is 16.7. The molecule has 122 valence electrons. The van der Waals surface area contributed by atoms with E-state index in [0.717, 1.165) is 42.0 Å². The lowest BCUT2D eigenvalue weighted by molar-refractivity contribution is -0.452. The van der Waals surface area contributed by atoms with E-state index >= 15 is 0 Å². The highest BCUT2D eigenvalue weighted by Gasteiger charge is 2.52. The number of benzene rings is 1. The van der Waals surface area contributed by atoms with Crippen LogP contribution in [0.1, 0.15) is 30.7 Å². The molecule has 5 rings (SSSR count). The first-order valence-corrected chi connectivity index (χ1v) is 8.22. The monoisotopic (exact) mass is 317 g/mol. The van der Waals surface area contributed by atoms with Crippen LogP contribution in [0, 0.1) is 11.1 Å². The molecule has 0 unspecified atom stereocenters. The number of hydrogen-bond donors (Lipinski definition) is 0. The minimum atomic E-state index is -0.478. The van der Waals surface area contributed by atoms with Crippen LogP contribution in [0.4, 0.5) is 0 Å². The van der Waals surface area contributed by atoms with Crippen LogP contribution in [-0.4, -0.2) is 42.8 Å². The van der Waals surface area contributed by atoms with Gasteiger partial charge in [0.25, 0.3) is 0 Å². The Morgan fingerprint density at radius 1 is 1.09 bits per heavy atom. The zero-order chi connectivity index (χ0) is 15.4. The van der Waals surface area contributed by atoms with Crippen molar-refractivity contribution >= 4 is 5.71 Å². The quantitative estimate of drug-likeness (QED) is 0.586. The van der Waals surface area contributed by atoms with E-state index in [0.29, 0.717) is 19.8 Å². The second-order valence-corrected chi connectivity index (χ2v) is 6.69. The van der Waals surface area contributed by atoms with Gasteiger partial charge in [-0.2, -0.15) is 0 Å². The number of ether oxygens (including phenoxy) is 4. The average Bonchev–Trinajstić information content (AvgIpc) is 3.27. The zero-order valence-electron chi connectivity index (χ0n) is 12.8. The van der Waals surface area contributed by atoms with Crippen molar-refractivity contribution in [3.05, 3.63) is 29.0 Å². The van der Waals surface area contributed by atoms with Gasteiger partial charge in [0, 0.05) is 19.3 Å². The molecule has 0 radical (unpaired) electrons. The molecule has 6 heteroatoms. The van der Waals surface area contributed by atoms with Crippen LogP contribution >= 0.6 is 0 Å². The molecule has 3 heterocycles. The summed E-state index contributed by atoms with van der Waals surface area (Å²) in [5.74, 6) is 1.40. The molecule has 0 bridgehead atoms. The minimum Gasteiger partial charge on any atom is -0.624 e. The van der Waals surface area contributed by atoms with E-state index in [2.05, 4.69) is 0 Å². The van der Waals surface area contributed by atoms with Crippen molar-refractivity contribution in [3.63, 3.8) is 0 Å². The Morgan fingerprint density at radius 2 is 1.91 bits per heavy atom. The van der Waals surface area contributed by atoms with Crippen LogP contribution in [0.5, 0.6) is 11.5 Å². The Kier molecular flexibility index (Phi) is 2.87. The highest BCUT2D eigenvalue weighted by Crippen LogP contribution is 2.47. The summed E-state index contributed by atoms with van der Waals surface area (Å²) in [6, 6.07) is 6.00. The molecule has 2 atom stereocenters. The van der Waals surface area contributed by atoms with Gasteiger partial charge in [-0.1, -0.05) is 6.07 Å². The number of hydrogen-bond acceptors (Lipinski definition) is 5. The van der Waals surface area contributed by atoms with E-state index in [1.165, 1.54) is 4.74 Å². The molecule has 6 nitrogen and oxygen atoms in total. The first-order chi connectivity index (χ1) is 11.2. The fourth-order valence-corrected chi connectivity index (χ4v) is 4.41. The van der Waals surface area contributed by atoms with Gasteiger partial charge in [0.1, 0.15) is 0 Å². The number of fused-ring (bicyclic) bond motifs is 2. The van der Waals surface area contributed by atoms with Crippen molar-refractivity contribution in [3.8, 4) is 11.5 Å². The molecule has 0 aromatic heterocycles. The fraction of sp³-hybridized carbons (Fsp3) is 0.588. The van der Waals surface area contributed by atoms with Gasteiger partial charge in [-0.15, -0.1) is 0 Å². The maximum Gasteiger partial charge on any atom is 0.231 e. The summed E-state index contributed by atoms with van der Waals surface area (Å²) < 4.78 is 23.8. The number of hydroxylamine groups is 1. The van der Waals surface area contributed by atoms with Gasteiger partial charge in [0.05, 0.1) is 25.0 Å². The van der Waals surface area contributed by atoms with Gasteiger partial charge in [-0.05, 0) is 17.7 Å². The number of nitrogens with zero attached hydrogens (tertiary/aromatic N) is 1. The molecular formula is C17H19NO5. The largest absolute Gasteiger partial charge is 0.624 e. The van der Waals surface area contributed by atoms with Crippen LogP contribution < -0.4 is 9.47 Å². The molecule has 3 aliphatic heterocycles. The molecule has 1 spiro atoms. The molecule has 23 heavy (non-hydrogen) atoms. The number of rotatable bonds is 1. The van der Waals surface area contributed by atoms with Gasteiger partial charge in [-0.25, -0.2) is 4.74 Å². The Bertz CT molecular complexity index is 680. The lowest BCUT2D eigenvalue weighted by atomic mass is 9.75. The van der Waals surface area contributed by atoms with Crippen molar-refractivity contribution in [2.24, 2.45) is 5.92 Å². The maximum atomic E-state index is 12.4. The van der Waals surface area contributed by atoms with Crippen LogP contribution in [0.25, 0.3) is 0 Å². The van der Waals surface area contributed by atoms with E-state index in [4.69, 9.17) is 18.9 Å². The van der Waals surface area contributed by atoms with E-state index in [1.54, 1.807) is 0 Å². The van der Waals surface area contributed by atoms with Gasteiger partial charge >= 0.3 is 0 Å². The molecule has 4 aliphatic rings. The standard InChI is InChI=1S/C17H19NO5/c19-18-9-13(11-1-2-15-16(7-11)21-10-20-15)12-8-17(4-3-14(12)18)22-5-6-23-17/h1-2,7,12-13H,3-6,8-10H2/t12-,13-/m0/s1. The average molecular weight is 317 g/mol. The summed E-state index contributed by atoms with van der Waals surface area (Å²) in [6.07, 6.45) is 2.31. The fourth-order valence-electron chi connectivity index (χ4n) is 4.41. The summed E-state index contributed by atoms with van der Waals surface area (Å²) in [5.41, 5.74) is 2.13. The first-order valence-electron chi connectivity index (χ1n) is 8.22. The van der Waals surface area contributed by atoms with E-state index in [9.17, 15) is 5.21 Å². The van der Waals surface area contributed by atoms with Gasteiger partial charge in [-0.3, -0.25) is 0 Å².